The summed E-state index contributed by atoms with van der Waals surface area (Å²) in [4.78, 5) is 8.24. The number of hydrogen-bond donors (Lipinski definition) is 1. The summed E-state index contributed by atoms with van der Waals surface area (Å²) in [5.41, 5.74) is 1.14. The average molecular weight is 302 g/mol. The van der Waals surface area contributed by atoms with Gasteiger partial charge in [0.1, 0.15) is 0 Å². The normalized spacial score (nSPS) is 18.8. The van der Waals surface area contributed by atoms with Crippen LogP contribution in [0.5, 0.6) is 0 Å². The second-order valence-corrected chi connectivity index (χ2v) is 7.44. The molecule has 1 aliphatic heterocycles. The topological polar surface area (TPSA) is 83.4 Å². The van der Waals surface area contributed by atoms with Gasteiger partial charge in [0.2, 0.25) is 0 Å². The van der Waals surface area contributed by atoms with Gasteiger partial charge in [-0.25, -0.2) is 0 Å². The van der Waals surface area contributed by atoms with Gasteiger partial charge >= 0.3 is 97.2 Å². The molecule has 1 N–H and O–H groups in total. The van der Waals surface area contributed by atoms with Gasteiger partial charge in [0.05, 0.1) is 0 Å². The van der Waals surface area contributed by atoms with Crippen LogP contribution in [0.3, 0.4) is 0 Å². The summed E-state index contributed by atoms with van der Waals surface area (Å²) < 4.78 is 24.3. The number of nitrogens with zero attached hydrogens (tertiary/aromatic N) is 3. The van der Waals surface area contributed by atoms with Crippen molar-refractivity contribution >= 4 is 40.7 Å². The van der Waals surface area contributed by atoms with Gasteiger partial charge in [-0.05, 0) is 0 Å². The molecule has 0 aliphatic carbocycles. The summed E-state index contributed by atoms with van der Waals surface area (Å²) in [5, 5.41) is 9.32. The Balaban J connectivity index is 2.39. The minimum atomic E-state index is -3.73. The Morgan fingerprint density at radius 3 is 2.50 bits per heavy atom. The first-order chi connectivity index (χ1) is 7.59. The van der Waals surface area contributed by atoms with Crippen LogP contribution in [0.15, 0.2) is 29.4 Å². The molecule has 0 spiro atoms. The second kappa shape index (κ2) is 3.22. The zero-order valence-corrected chi connectivity index (χ0v) is 10.3. The molecular weight excluding hydrogens is 297 g/mol. The van der Waals surface area contributed by atoms with Gasteiger partial charge in [-0.15, -0.1) is 0 Å². The molecule has 0 radical (unpaired) electrons. The van der Waals surface area contributed by atoms with Crippen LogP contribution in [-0.4, -0.2) is 42.3 Å². The zero-order valence-electron chi connectivity index (χ0n) is 7.73. The summed E-state index contributed by atoms with van der Waals surface area (Å²) in [5.74, 6) is 0. The van der Waals surface area contributed by atoms with Crippen LogP contribution in [0.25, 0.3) is 11.0 Å². The SMILES string of the molecule is O=S1(=O)c2cc3nccnc3cc2[Se]N1O. The van der Waals surface area contributed by atoms with E-state index in [1.165, 1.54) is 12.3 Å². The monoisotopic (exact) mass is 303 g/mol. The molecule has 0 bridgehead atoms. The molecular formula is C8H5N3O3SSe. The molecule has 2 aromatic rings. The van der Waals surface area contributed by atoms with Gasteiger partial charge < -0.3 is 0 Å². The zero-order chi connectivity index (χ0) is 11.3. The number of aromatic nitrogens is 2. The van der Waals surface area contributed by atoms with Crippen LogP contribution in [-0.2, 0) is 10.0 Å². The Hall–Kier alpha value is -1.05. The van der Waals surface area contributed by atoms with Gasteiger partial charge in [0, 0.05) is 0 Å². The first-order valence-corrected chi connectivity index (χ1v) is 7.32. The quantitative estimate of drug-likeness (QED) is 0.649. The standard InChI is InChI=1S/C8H5N3O3SSe/c12-11-15(13,14)7-3-5-6(4-8(7)16-11)10-2-1-9-5/h1-4,12H. The molecule has 0 saturated carbocycles. The van der Waals surface area contributed by atoms with Gasteiger partial charge in [-0.1, -0.05) is 0 Å². The summed E-state index contributed by atoms with van der Waals surface area (Å²) in [6.07, 6.45) is 3.04. The van der Waals surface area contributed by atoms with E-state index in [1.807, 2.05) is 0 Å². The minimum absolute atomic E-state index is 0.128. The van der Waals surface area contributed by atoms with Crippen LogP contribution < -0.4 is 4.46 Å². The first kappa shape index (κ1) is 10.1. The van der Waals surface area contributed by atoms with E-state index in [0.717, 1.165) is 0 Å². The van der Waals surface area contributed by atoms with Crippen molar-refractivity contribution in [2.24, 2.45) is 0 Å². The van der Waals surface area contributed by atoms with Gasteiger partial charge in [0.15, 0.2) is 0 Å². The third-order valence-corrected chi connectivity index (χ3v) is 6.86. The molecule has 0 unspecified atom stereocenters. The molecule has 0 fully saturated rings. The summed E-state index contributed by atoms with van der Waals surface area (Å²) in [6.45, 7) is 0. The molecule has 16 heavy (non-hydrogen) atoms. The predicted molar refractivity (Wildman–Crippen MR) is 55.7 cm³/mol. The second-order valence-electron chi connectivity index (χ2n) is 3.15. The molecule has 2 heterocycles. The fourth-order valence-corrected chi connectivity index (χ4v) is 5.71. The fraction of sp³-hybridized carbons (Fsp3) is 0. The van der Waals surface area contributed by atoms with Crippen molar-refractivity contribution < 1.29 is 13.6 Å². The van der Waals surface area contributed by atoms with E-state index in [-0.39, 0.29) is 4.90 Å². The van der Waals surface area contributed by atoms with Crippen molar-refractivity contribution in [3.8, 4) is 0 Å². The first-order valence-electron chi connectivity index (χ1n) is 4.26. The molecule has 82 valence electrons. The Morgan fingerprint density at radius 2 is 1.81 bits per heavy atom. The van der Waals surface area contributed by atoms with Crippen molar-refractivity contribution in [2.75, 3.05) is 0 Å². The van der Waals surface area contributed by atoms with E-state index < -0.39 is 25.2 Å². The molecule has 6 nitrogen and oxygen atoms in total. The van der Waals surface area contributed by atoms with Crippen molar-refractivity contribution in [3.05, 3.63) is 24.5 Å². The Bertz CT molecular complexity index is 688. The van der Waals surface area contributed by atoms with E-state index in [4.69, 9.17) is 0 Å². The van der Waals surface area contributed by atoms with Gasteiger partial charge in [0.25, 0.3) is 0 Å². The molecule has 0 atom stereocenters. The number of hydrogen-bond acceptors (Lipinski definition) is 5. The maximum atomic E-state index is 11.7. The van der Waals surface area contributed by atoms with Gasteiger partial charge in [-0.2, -0.15) is 0 Å². The number of fused-ring (bicyclic) bond motifs is 2. The van der Waals surface area contributed by atoms with Crippen molar-refractivity contribution in [3.63, 3.8) is 0 Å². The Morgan fingerprint density at radius 1 is 1.19 bits per heavy atom. The Labute approximate surface area is 97.3 Å². The van der Waals surface area contributed by atoms with Crippen molar-refractivity contribution in [2.45, 2.75) is 4.90 Å². The van der Waals surface area contributed by atoms with E-state index in [2.05, 4.69) is 9.97 Å². The van der Waals surface area contributed by atoms with Crippen molar-refractivity contribution in [1.82, 2.24) is 13.5 Å². The third-order valence-electron chi connectivity index (χ3n) is 2.19. The van der Waals surface area contributed by atoms with E-state index in [1.54, 1.807) is 12.3 Å². The Kier molecular flexibility index (Phi) is 2.04. The molecule has 1 aromatic carbocycles. The van der Waals surface area contributed by atoms with Crippen LogP contribution in [0, 0.1) is 0 Å². The van der Waals surface area contributed by atoms with Crippen LogP contribution >= 0.6 is 0 Å². The fourth-order valence-electron chi connectivity index (χ4n) is 1.46. The van der Waals surface area contributed by atoms with Crippen molar-refractivity contribution in [1.29, 1.82) is 0 Å². The van der Waals surface area contributed by atoms with Gasteiger partial charge in [-0.3, -0.25) is 0 Å². The maximum absolute atomic E-state index is 11.7. The van der Waals surface area contributed by atoms with E-state index >= 15 is 0 Å². The van der Waals surface area contributed by atoms with E-state index in [9.17, 15) is 13.6 Å². The number of sulfonamides is 1. The van der Waals surface area contributed by atoms with Crippen LogP contribution in [0.4, 0.5) is 0 Å². The predicted octanol–water partition coefficient (Wildman–Crippen LogP) is -0.732. The molecule has 8 heteroatoms. The summed E-state index contributed by atoms with van der Waals surface area (Å²) in [7, 11) is -3.73. The summed E-state index contributed by atoms with van der Waals surface area (Å²) >= 11 is -0.625. The van der Waals surface area contributed by atoms with Crippen LogP contribution in [0.1, 0.15) is 0 Å². The molecule has 3 rings (SSSR count). The molecule has 1 aromatic heterocycles. The average Bonchev–Trinajstić information content (AvgIpc) is 2.48. The molecule has 0 saturated heterocycles. The third kappa shape index (κ3) is 1.28. The van der Waals surface area contributed by atoms with Crippen LogP contribution in [0.2, 0.25) is 0 Å². The summed E-state index contributed by atoms with van der Waals surface area (Å²) in [6, 6.07) is 3.11. The number of rotatable bonds is 0. The molecule has 0 amide bonds. The number of benzene rings is 1. The van der Waals surface area contributed by atoms with E-state index in [0.29, 0.717) is 19.0 Å². The molecule has 1 aliphatic rings.